The third-order valence-electron chi connectivity index (χ3n) is 3.90. The number of anilines is 1. The zero-order valence-corrected chi connectivity index (χ0v) is 18.6. The number of halogens is 2. The normalized spacial score (nSPS) is 10.7. The lowest BCUT2D eigenvalue weighted by molar-refractivity contribution is -0.145. The van der Waals surface area contributed by atoms with E-state index in [4.69, 9.17) is 32.7 Å². The lowest BCUT2D eigenvalue weighted by Gasteiger charge is -2.10. The molecule has 2 aromatic carbocycles. The van der Waals surface area contributed by atoms with Gasteiger partial charge >= 0.3 is 11.9 Å². The monoisotopic (exact) mass is 476 g/mol. The summed E-state index contributed by atoms with van der Waals surface area (Å²) >= 11 is 12.3. The van der Waals surface area contributed by atoms with Crippen molar-refractivity contribution in [2.75, 3.05) is 25.6 Å². The Morgan fingerprint density at radius 2 is 1.75 bits per heavy atom. The smallest absolute Gasteiger partial charge is 0.344 e. The summed E-state index contributed by atoms with van der Waals surface area (Å²) < 4.78 is 14.7. The molecule has 0 radical (unpaired) electrons. The number of amides is 1. The first-order valence-corrected chi connectivity index (χ1v) is 9.93. The number of carbonyl (C=O) groups is 3. The van der Waals surface area contributed by atoms with Crippen LogP contribution >= 0.6 is 23.2 Å². The zero-order chi connectivity index (χ0) is 23.7. The molecule has 32 heavy (non-hydrogen) atoms. The summed E-state index contributed by atoms with van der Waals surface area (Å²) in [6.07, 6.45) is 1.30. The van der Waals surface area contributed by atoms with Crippen LogP contribution in [0.1, 0.15) is 22.8 Å². The number of esters is 2. The molecule has 2 rings (SSSR count). The zero-order valence-electron chi connectivity index (χ0n) is 17.1. The summed E-state index contributed by atoms with van der Waals surface area (Å²) in [6, 6.07) is 10.6. The number of rotatable bonds is 8. The highest BCUT2D eigenvalue weighted by atomic mass is 35.5. The number of benzene rings is 2. The molecule has 0 fully saturated rings. The number of carbonyl (C=O) groups excluding carboxylic acids is 3. The van der Waals surface area contributed by atoms with Gasteiger partial charge in [0.2, 0.25) is 0 Å². The fourth-order valence-electron chi connectivity index (χ4n) is 2.46. The van der Waals surface area contributed by atoms with Gasteiger partial charge < -0.3 is 19.5 Å². The highest BCUT2D eigenvalue weighted by Crippen LogP contribution is 2.35. The Morgan fingerprint density at radius 1 is 1.12 bits per heavy atom. The number of nitriles is 1. The van der Waals surface area contributed by atoms with E-state index in [1.54, 1.807) is 6.92 Å². The maximum absolute atomic E-state index is 12.5. The molecule has 1 N–H and O–H groups in total. The fraction of sp³-hybridized carbons (Fsp3) is 0.182. The quantitative estimate of drug-likeness (QED) is 0.343. The molecule has 166 valence electrons. The molecule has 0 saturated carbocycles. The van der Waals surface area contributed by atoms with E-state index in [1.807, 2.05) is 6.07 Å². The van der Waals surface area contributed by atoms with Gasteiger partial charge in [-0.3, -0.25) is 4.79 Å². The van der Waals surface area contributed by atoms with Gasteiger partial charge in [-0.25, -0.2) is 9.59 Å². The van der Waals surface area contributed by atoms with E-state index in [-0.39, 0.29) is 34.6 Å². The van der Waals surface area contributed by atoms with Crippen molar-refractivity contribution in [1.82, 2.24) is 0 Å². The minimum Gasteiger partial charge on any atom is -0.479 e. The fourth-order valence-corrected chi connectivity index (χ4v) is 3.07. The van der Waals surface area contributed by atoms with Gasteiger partial charge in [-0.05, 0) is 55.0 Å². The van der Waals surface area contributed by atoms with Crippen molar-refractivity contribution in [1.29, 1.82) is 5.26 Å². The van der Waals surface area contributed by atoms with Crippen molar-refractivity contribution in [3.63, 3.8) is 0 Å². The first-order chi connectivity index (χ1) is 15.3. The number of methoxy groups -OCH3 is 1. The molecule has 0 atom stereocenters. The molecular weight excluding hydrogens is 459 g/mol. The summed E-state index contributed by atoms with van der Waals surface area (Å²) in [5.41, 5.74) is 0.851. The second kappa shape index (κ2) is 11.7. The minimum absolute atomic E-state index is 0.0761. The van der Waals surface area contributed by atoms with Gasteiger partial charge in [0, 0.05) is 5.69 Å². The van der Waals surface area contributed by atoms with Gasteiger partial charge in [0.25, 0.3) is 5.91 Å². The largest absolute Gasteiger partial charge is 0.479 e. The molecule has 0 heterocycles. The molecule has 0 spiro atoms. The van der Waals surface area contributed by atoms with Crippen LogP contribution in [-0.4, -0.2) is 38.2 Å². The van der Waals surface area contributed by atoms with Crippen LogP contribution in [0.2, 0.25) is 10.0 Å². The number of nitrogens with one attached hydrogen (secondary N) is 1. The minimum atomic E-state index is -0.673. The van der Waals surface area contributed by atoms with Crippen LogP contribution < -0.4 is 10.1 Å². The van der Waals surface area contributed by atoms with E-state index in [2.05, 4.69) is 10.1 Å². The van der Waals surface area contributed by atoms with E-state index >= 15 is 0 Å². The molecule has 0 bridgehead atoms. The summed E-state index contributed by atoms with van der Waals surface area (Å²) in [5, 5.41) is 12.1. The van der Waals surface area contributed by atoms with E-state index in [1.165, 1.54) is 49.6 Å². The van der Waals surface area contributed by atoms with Gasteiger partial charge in [-0.15, -0.1) is 0 Å². The summed E-state index contributed by atoms with van der Waals surface area (Å²) in [6.45, 7) is 1.50. The van der Waals surface area contributed by atoms with Crippen molar-refractivity contribution in [2.45, 2.75) is 6.92 Å². The first kappa shape index (κ1) is 24.7. The van der Waals surface area contributed by atoms with Crippen LogP contribution in [0.4, 0.5) is 5.69 Å². The van der Waals surface area contributed by atoms with Crippen molar-refractivity contribution in [3.8, 4) is 11.8 Å². The van der Waals surface area contributed by atoms with E-state index in [9.17, 15) is 19.6 Å². The molecule has 0 aromatic heterocycles. The SMILES string of the molecule is CCOC(=O)COc1c(Cl)cc(/C=C(\C#N)C(=O)Nc2ccc(C(=O)OC)cc2)cc1Cl. The summed E-state index contributed by atoms with van der Waals surface area (Å²) in [7, 11) is 1.26. The van der Waals surface area contributed by atoms with Gasteiger partial charge in [-0.2, -0.15) is 5.26 Å². The molecule has 2 aromatic rings. The molecule has 0 aliphatic rings. The van der Waals surface area contributed by atoms with Gasteiger partial charge in [0.1, 0.15) is 11.6 Å². The van der Waals surface area contributed by atoms with Gasteiger partial charge in [0.05, 0.1) is 29.3 Å². The van der Waals surface area contributed by atoms with Gasteiger partial charge in [0.15, 0.2) is 12.4 Å². The van der Waals surface area contributed by atoms with E-state index < -0.39 is 17.8 Å². The Balaban J connectivity index is 2.16. The van der Waals surface area contributed by atoms with E-state index in [0.717, 1.165) is 0 Å². The summed E-state index contributed by atoms with van der Waals surface area (Å²) in [4.78, 5) is 35.4. The van der Waals surface area contributed by atoms with Crippen LogP contribution in [0.15, 0.2) is 42.0 Å². The second-order valence-corrected chi connectivity index (χ2v) is 6.91. The Hall–Kier alpha value is -3.54. The van der Waals surface area contributed by atoms with E-state index in [0.29, 0.717) is 16.8 Å². The molecular formula is C22H18Cl2N2O6. The van der Waals surface area contributed by atoms with Crippen LogP contribution in [0.3, 0.4) is 0 Å². The third-order valence-corrected chi connectivity index (χ3v) is 4.46. The van der Waals surface area contributed by atoms with Crippen LogP contribution in [-0.2, 0) is 19.1 Å². The average Bonchev–Trinajstić information content (AvgIpc) is 2.77. The lowest BCUT2D eigenvalue weighted by Crippen LogP contribution is -2.15. The lowest BCUT2D eigenvalue weighted by atomic mass is 10.1. The highest BCUT2D eigenvalue weighted by molar-refractivity contribution is 6.37. The molecule has 0 aliphatic carbocycles. The maximum atomic E-state index is 12.5. The standard InChI is InChI=1S/C22H18Cl2N2O6/c1-3-31-19(27)12-32-20-17(23)9-13(10-18(20)24)8-15(11-25)21(28)26-16-6-4-14(5-7-16)22(29)30-2/h4-10H,3,12H2,1-2H3,(H,26,28)/b15-8+. The molecule has 0 aliphatic heterocycles. The topological polar surface area (TPSA) is 115 Å². The number of hydrogen-bond donors (Lipinski definition) is 1. The Bertz CT molecular complexity index is 1070. The number of ether oxygens (including phenoxy) is 3. The molecule has 8 nitrogen and oxygen atoms in total. The predicted molar refractivity (Wildman–Crippen MR) is 119 cm³/mol. The van der Waals surface area contributed by atoms with Crippen LogP contribution in [0.25, 0.3) is 6.08 Å². The first-order valence-electron chi connectivity index (χ1n) is 9.18. The van der Waals surface area contributed by atoms with Gasteiger partial charge in [-0.1, -0.05) is 23.2 Å². The average molecular weight is 477 g/mol. The second-order valence-electron chi connectivity index (χ2n) is 6.10. The molecule has 10 heteroatoms. The Labute approximate surface area is 194 Å². The molecule has 0 unspecified atom stereocenters. The van der Waals surface area contributed by atoms with Crippen LogP contribution in [0, 0.1) is 11.3 Å². The molecule has 0 saturated heterocycles. The van der Waals surface area contributed by atoms with Crippen LogP contribution in [0.5, 0.6) is 5.75 Å². The van der Waals surface area contributed by atoms with Crippen molar-refractivity contribution in [2.24, 2.45) is 0 Å². The number of hydrogen-bond acceptors (Lipinski definition) is 7. The summed E-state index contributed by atoms with van der Waals surface area (Å²) in [5.74, 6) is -1.68. The number of nitrogens with zero attached hydrogens (tertiary/aromatic N) is 1. The molecule has 1 amide bonds. The van der Waals surface area contributed by atoms with Crippen molar-refractivity contribution >= 4 is 52.8 Å². The van der Waals surface area contributed by atoms with Crippen molar-refractivity contribution in [3.05, 3.63) is 63.1 Å². The third kappa shape index (κ3) is 6.74. The van der Waals surface area contributed by atoms with Crippen molar-refractivity contribution < 1.29 is 28.6 Å². The Kier molecular flexibility index (Phi) is 9.08. The highest BCUT2D eigenvalue weighted by Gasteiger charge is 2.15. The Morgan fingerprint density at radius 3 is 2.28 bits per heavy atom. The predicted octanol–water partition coefficient (Wildman–Crippen LogP) is 4.27. The maximum Gasteiger partial charge on any atom is 0.344 e.